The van der Waals surface area contributed by atoms with Crippen LogP contribution in [-0.4, -0.2) is 24.7 Å². The van der Waals surface area contributed by atoms with Crippen molar-refractivity contribution in [3.63, 3.8) is 0 Å². The van der Waals surface area contributed by atoms with Gasteiger partial charge in [0.25, 0.3) is 5.56 Å². The Balaban J connectivity index is 1.72. The van der Waals surface area contributed by atoms with Crippen molar-refractivity contribution < 1.29 is 4.79 Å². The predicted molar refractivity (Wildman–Crippen MR) is 120 cm³/mol. The summed E-state index contributed by atoms with van der Waals surface area (Å²) in [5.41, 5.74) is 1.71. The quantitative estimate of drug-likeness (QED) is 0.499. The molecule has 4 aromatic rings. The molecule has 0 spiro atoms. The zero-order valence-electron chi connectivity index (χ0n) is 17.3. The smallest absolute Gasteiger partial charge is 0.350 e. The molecule has 8 nitrogen and oxygen atoms in total. The number of nitrogens with one attached hydrogen (secondary N) is 1. The standard InChI is InChI=1S/C22H22ClN5O3/c1-3-10-26-20(30)17-9-8-16(23)11-18(17)28-21(26)25-27(22(28)31)13-19(29)24-12-15-6-4-14(2)5-7-15/h4-9,11H,3,10,12-13H2,1-2H3,(H,24,29). The van der Waals surface area contributed by atoms with Crippen LogP contribution in [0.25, 0.3) is 16.7 Å². The largest absolute Gasteiger partial charge is 0.352 e. The van der Waals surface area contributed by atoms with Gasteiger partial charge in [0.15, 0.2) is 0 Å². The molecule has 2 aromatic heterocycles. The Bertz CT molecular complexity index is 1400. The zero-order valence-corrected chi connectivity index (χ0v) is 18.0. The number of amides is 1. The summed E-state index contributed by atoms with van der Waals surface area (Å²) in [6.07, 6.45) is 0.687. The summed E-state index contributed by atoms with van der Waals surface area (Å²) in [7, 11) is 0. The number of carbonyl (C=O) groups excluding carboxylic acids is 1. The highest BCUT2D eigenvalue weighted by Gasteiger charge is 2.18. The lowest BCUT2D eigenvalue weighted by Gasteiger charge is -2.08. The van der Waals surface area contributed by atoms with Gasteiger partial charge in [0, 0.05) is 18.1 Å². The van der Waals surface area contributed by atoms with E-state index in [0.29, 0.717) is 35.4 Å². The van der Waals surface area contributed by atoms with Gasteiger partial charge in [-0.05, 0) is 37.1 Å². The average molecular weight is 440 g/mol. The van der Waals surface area contributed by atoms with Crippen LogP contribution >= 0.6 is 11.6 Å². The molecule has 0 saturated heterocycles. The van der Waals surface area contributed by atoms with Gasteiger partial charge in [0.05, 0.1) is 10.9 Å². The summed E-state index contributed by atoms with van der Waals surface area (Å²) < 4.78 is 3.87. The highest BCUT2D eigenvalue weighted by molar-refractivity contribution is 6.31. The van der Waals surface area contributed by atoms with E-state index >= 15 is 0 Å². The van der Waals surface area contributed by atoms with Crippen molar-refractivity contribution in [3.05, 3.63) is 79.5 Å². The number of hydrogen-bond donors (Lipinski definition) is 1. The van der Waals surface area contributed by atoms with Gasteiger partial charge in [-0.15, -0.1) is 5.10 Å². The van der Waals surface area contributed by atoms with Crippen molar-refractivity contribution >= 4 is 34.2 Å². The molecule has 4 rings (SSSR count). The lowest BCUT2D eigenvalue weighted by Crippen LogP contribution is -2.32. The molecule has 0 radical (unpaired) electrons. The van der Waals surface area contributed by atoms with E-state index < -0.39 is 5.69 Å². The van der Waals surface area contributed by atoms with Gasteiger partial charge >= 0.3 is 5.69 Å². The van der Waals surface area contributed by atoms with Gasteiger partial charge in [0.2, 0.25) is 11.7 Å². The molecule has 9 heteroatoms. The molecule has 0 bridgehead atoms. The molecule has 0 unspecified atom stereocenters. The van der Waals surface area contributed by atoms with Crippen molar-refractivity contribution in [1.82, 2.24) is 24.1 Å². The van der Waals surface area contributed by atoms with E-state index in [1.165, 1.54) is 8.97 Å². The molecule has 160 valence electrons. The summed E-state index contributed by atoms with van der Waals surface area (Å²) in [6.45, 7) is 4.42. The van der Waals surface area contributed by atoms with Crippen molar-refractivity contribution in [1.29, 1.82) is 0 Å². The predicted octanol–water partition coefficient (Wildman–Crippen LogP) is 2.50. The minimum atomic E-state index is -0.502. The number of aryl methyl sites for hydroxylation is 2. The molecule has 0 aliphatic rings. The van der Waals surface area contributed by atoms with Crippen LogP contribution in [0.5, 0.6) is 0 Å². The van der Waals surface area contributed by atoms with Crippen LogP contribution in [0.3, 0.4) is 0 Å². The van der Waals surface area contributed by atoms with Crippen LogP contribution in [0.15, 0.2) is 52.1 Å². The summed E-state index contributed by atoms with van der Waals surface area (Å²) in [4.78, 5) is 38.5. The molecule has 1 N–H and O–H groups in total. The first-order valence-electron chi connectivity index (χ1n) is 10.0. The molecule has 0 aliphatic heterocycles. The topological polar surface area (TPSA) is 90.4 Å². The Kier molecular flexibility index (Phi) is 5.65. The number of rotatable bonds is 6. The fourth-order valence-electron chi connectivity index (χ4n) is 3.52. The van der Waals surface area contributed by atoms with Crippen molar-refractivity contribution in [2.75, 3.05) is 0 Å². The molecular formula is C22H22ClN5O3. The van der Waals surface area contributed by atoms with Gasteiger partial charge < -0.3 is 5.32 Å². The second-order valence-corrected chi connectivity index (χ2v) is 7.89. The van der Waals surface area contributed by atoms with E-state index in [9.17, 15) is 14.4 Å². The Morgan fingerprint density at radius 1 is 1.13 bits per heavy atom. The lowest BCUT2D eigenvalue weighted by atomic mass is 10.1. The fraction of sp³-hybridized carbons (Fsp3) is 0.273. The highest BCUT2D eigenvalue weighted by Crippen LogP contribution is 2.17. The Morgan fingerprint density at radius 3 is 2.58 bits per heavy atom. The van der Waals surface area contributed by atoms with Crippen molar-refractivity contribution in [2.24, 2.45) is 0 Å². The van der Waals surface area contributed by atoms with Gasteiger partial charge in [0.1, 0.15) is 6.54 Å². The van der Waals surface area contributed by atoms with Gasteiger partial charge in [-0.25, -0.2) is 13.9 Å². The van der Waals surface area contributed by atoms with Crippen LogP contribution in [0.4, 0.5) is 0 Å². The summed E-state index contributed by atoms with van der Waals surface area (Å²) in [6, 6.07) is 12.6. The number of benzene rings is 2. The number of aromatic nitrogens is 4. The molecule has 2 heterocycles. The van der Waals surface area contributed by atoms with Crippen LogP contribution in [0, 0.1) is 6.92 Å². The molecule has 0 atom stereocenters. The van der Waals surface area contributed by atoms with Gasteiger partial charge in [-0.2, -0.15) is 0 Å². The number of fused-ring (bicyclic) bond motifs is 3. The molecule has 1 amide bonds. The third kappa shape index (κ3) is 3.98. The van der Waals surface area contributed by atoms with Gasteiger partial charge in [-0.1, -0.05) is 48.4 Å². The normalized spacial score (nSPS) is 11.3. The summed E-state index contributed by atoms with van der Waals surface area (Å²) in [5, 5.41) is 7.87. The number of carbonyl (C=O) groups is 1. The Labute approximate surface area is 182 Å². The van der Waals surface area contributed by atoms with Crippen LogP contribution in [0.1, 0.15) is 24.5 Å². The third-order valence-corrected chi connectivity index (χ3v) is 5.33. The summed E-state index contributed by atoms with van der Waals surface area (Å²) >= 11 is 6.11. The van der Waals surface area contributed by atoms with E-state index in [2.05, 4.69) is 10.4 Å². The van der Waals surface area contributed by atoms with Crippen LogP contribution in [-0.2, 0) is 24.4 Å². The summed E-state index contributed by atoms with van der Waals surface area (Å²) in [5.74, 6) is -0.157. The van der Waals surface area contributed by atoms with E-state index in [1.54, 1.807) is 18.2 Å². The first kappa shape index (κ1) is 20.9. The molecule has 31 heavy (non-hydrogen) atoms. The number of nitrogens with zero attached hydrogens (tertiary/aromatic N) is 4. The number of halogens is 1. The second kappa shape index (κ2) is 8.39. The SMILES string of the molecule is CCCn1c(=O)c2ccc(Cl)cc2n2c(=O)n(CC(=O)NCc3ccc(C)cc3)nc12. The maximum Gasteiger partial charge on any atom is 0.352 e. The van der Waals surface area contributed by atoms with Crippen LogP contribution < -0.4 is 16.6 Å². The average Bonchev–Trinajstić information content (AvgIpc) is 3.06. The Hall–Kier alpha value is -3.39. The first-order chi connectivity index (χ1) is 14.9. The maximum absolute atomic E-state index is 13.1. The van der Waals surface area contributed by atoms with E-state index in [0.717, 1.165) is 15.8 Å². The first-order valence-corrected chi connectivity index (χ1v) is 10.4. The third-order valence-electron chi connectivity index (χ3n) is 5.09. The van der Waals surface area contributed by atoms with Crippen LogP contribution in [0.2, 0.25) is 5.02 Å². The fourth-order valence-corrected chi connectivity index (χ4v) is 3.68. The van der Waals surface area contributed by atoms with Gasteiger partial charge in [-0.3, -0.25) is 14.2 Å². The van der Waals surface area contributed by atoms with Crippen molar-refractivity contribution in [2.45, 2.75) is 39.9 Å². The minimum Gasteiger partial charge on any atom is -0.350 e. The second-order valence-electron chi connectivity index (χ2n) is 7.46. The van der Waals surface area contributed by atoms with Crippen molar-refractivity contribution in [3.8, 4) is 0 Å². The minimum absolute atomic E-state index is 0.193. The maximum atomic E-state index is 13.1. The lowest BCUT2D eigenvalue weighted by molar-refractivity contribution is -0.122. The monoisotopic (exact) mass is 439 g/mol. The molecule has 2 aromatic carbocycles. The zero-order chi connectivity index (χ0) is 22.1. The van der Waals surface area contributed by atoms with E-state index in [4.69, 9.17) is 11.6 Å². The highest BCUT2D eigenvalue weighted by atomic mass is 35.5. The molecule has 0 saturated carbocycles. The molecular weight excluding hydrogens is 418 g/mol. The Morgan fingerprint density at radius 2 is 1.87 bits per heavy atom. The number of hydrogen-bond acceptors (Lipinski definition) is 4. The van der Waals surface area contributed by atoms with E-state index in [-0.39, 0.29) is 23.8 Å². The molecule has 0 aliphatic carbocycles. The molecule has 0 fully saturated rings. The van der Waals surface area contributed by atoms with E-state index in [1.807, 2.05) is 38.1 Å².